The van der Waals surface area contributed by atoms with Crippen LogP contribution in [0.25, 0.3) is 10.9 Å². The summed E-state index contributed by atoms with van der Waals surface area (Å²) in [6, 6.07) is 14.0. The fourth-order valence-electron chi connectivity index (χ4n) is 2.63. The number of fused-ring (bicyclic) bond motifs is 1. The number of halogens is 1. The van der Waals surface area contributed by atoms with Gasteiger partial charge in [-0.3, -0.25) is 9.36 Å². The van der Waals surface area contributed by atoms with Crippen molar-refractivity contribution in [3.05, 3.63) is 65.3 Å². The number of benzene rings is 2. The van der Waals surface area contributed by atoms with Crippen LogP contribution in [0.5, 0.6) is 5.75 Å². The minimum atomic E-state index is -0.764. The van der Waals surface area contributed by atoms with Crippen molar-refractivity contribution in [2.24, 2.45) is 0 Å². The van der Waals surface area contributed by atoms with Gasteiger partial charge in [-0.25, -0.2) is 4.79 Å². The van der Waals surface area contributed by atoms with Crippen molar-refractivity contribution in [3.63, 3.8) is 0 Å². The van der Waals surface area contributed by atoms with Crippen LogP contribution in [-0.4, -0.2) is 29.7 Å². The molecule has 5 nitrogen and oxygen atoms in total. The van der Waals surface area contributed by atoms with Gasteiger partial charge in [-0.05, 0) is 31.2 Å². The fourth-order valence-corrected chi connectivity index (χ4v) is 2.81. The minimum absolute atomic E-state index is 0.300. The van der Waals surface area contributed by atoms with Crippen molar-refractivity contribution in [3.8, 4) is 5.75 Å². The second kappa shape index (κ2) is 6.99. The molecule has 0 radical (unpaired) electrons. The molecule has 1 atom stereocenters. The van der Waals surface area contributed by atoms with Gasteiger partial charge in [0.05, 0.1) is 18.2 Å². The van der Waals surface area contributed by atoms with E-state index in [-0.39, 0.29) is 5.91 Å². The van der Waals surface area contributed by atoms with E-state index in [1.807, 2.05) is 0 Å². The third-order valence-electron chi connectivity index (χ3n) is 3.81. The van der Waals surface area contributed by atoms with E-state index in [9.17, 15) is 9.59 Å². The molecular formula is C19H16ClNO4. The summed E-state index contributed by atoms with van der Waals surface area (Å²) in [4.78, 5) is 24.8. The maximum atomic E-state index is 12.8. The number of methoxy groups -OCH3 is 1. The van der Waals surface area contributed by atoms with E-state index < -0.39 is 12.1 Å². The number of rotatable bonds is 4. The van der Waals surface area contributed by atoms with Crippen LogP contribution in [0.1, 0.15) is 22.1 Å². The van der Waals surface area contributed by atoms with Gasteiger partial charge in [0, 0.05) is 16.6 Å². The lowest BCUT2D eigenvalue weighted by Gasteiger charge is -2.15. The largest absolute Gasteiger partial charge is 0.481 e. The predicted octanol–water partition coefficient (Wildman–Crippen LogP) is 4.19. The van der Waals surface area contributed by atoms with E-state index >= 15 is 0 Å². The molecule has 3 rings (SSSR count). The molecule has 3 aromatic rings. The van der Waals surface area contributed by atoms with E-state index in [4.69, 9.17) is 21.1 Å². The van der Waals surface area contributed by atoms with Gasteiger partial charge in [-0.15, -0.1) is 0 Å². The molecule has 0 saturated carbocycles. The van der Waals surface area contributed by atoms with Crippen molar-refractivity contribution in [2.45, 2.75) is 13.0 Å². The summed E-state index contributed by atoms with van der Waals surface area (Å²) in [6.45, 7) is 1.65. The second-order valence-electron chi connectivity index (χ2n) is 5.48. The van der Waals surface area contributed by atoms with Crippen molar-refractivity contribution in [1.82, 2.24) is 4.57 Å². The zero-order chi connectivity index (χ0) is 18.0. The van der Waals surface area contributed by atoms with Crippen LogP contribution < -0.4 is 4.74 Å². The van der Waals surface area contributed by atoms with Gasteiger partial charge in [0.1, 0.15) is 5.75 Å². The maximum Gasteiger partial charge on any atom is 0.340 e. The Morgan fingerprint density at radius 2 is 1.88 bits per heavy atom. The molecule has 0 aliphatic rings. The Bertz CT molecular complexity index is 948. The fraction of sp³-hybridized carbons (Fsp3) is 0.158. The molecule has 2 aromatic carbocycles. The molecule has 0 fully saturated rings. The average Bonchev–Trinajstić information content (AvgIpc) is 3.00. The zero-order valence-electron chi connectivity index (χ0n) is 13.7. The second-order valence-corrected chi connectivity index (χ2v) is 5.91. The highest BCUT2D eigenvalue weighted by atomic mass is 35.5. The summed E-state index contributed by atoms with van der Waals surface area (Å²) in [5.41, 5.74) is 0.954. The number of aromatic nitrogens is 1. The summed E-state index contributed by atoms with van der Waals surface area (Å²) in [5, 5.41) is 1.18. The Kier molecular flexibility index (Phi) is 4.76. The Balaban J connectivity index is 1.95. The van der Waals surface area contributed by atoms with Crippen molar-refractivity contribution in [1.29, 1.82) is 0 Å². The summed E-state index contributed by atoms with van der Waals surface area (Å²) in [7, 11) is 1.31. The topological polar surface area (TPSA) is 57.5 Å². The summed E-state index contributed by atoms with van der Waals surface area (Å²) in [6.07, 6.45) is 0.719. The first kappa shape index (κ1) is 17.0. The smallest absolute Gasteiger partial charge is 0.340 e. The van der Waals surface area contributed by atoms with Gasteiger partial charge in [0.15, 0.2) is 6.10 Å². The van der Waals surface area contributed by atoms with Gasteiger partial charge >= 0.3 is 5.97 Å². The van der Waals surface area contributed by atoms with E-state index in [0.29, 0.717) is 27.2 Å². The van der Waals surface area contributed by atoms with Gasteiger partial charge < -0.3 is 9.47 Å². The van der Waals surface area contributed by atoms with E-state index in [1.165, 1.54) is 17.9 Å². The molecule has 1 aromatic heterocycles. The number of carbonyl (C=O) groups excluding carboxylic acids is 2. The van der Waals surface area contributed by atoms with Crippen molar-refractivity contribution in [2.75, 3.05) is 7.11 Å². The monoisotopic (exact) mass is 357 g/mol. The third kappa shape index (κ3) is 3.37. The first-order chi connectivity index (χ1) is 12.0. The quantitative estimate of drug-likeness (QED) is 0.657. The predicted molar refractivity (Wildman–Crippen MR) is 95.4 cm³/mol. The molecule has 0 aliphatic heterocycles. The first-order valence-corrected chi connectivity index (χ1v) is 8.04. The molecule has 0 N–H and O–H groups in total. The summed E-state index contributed by atoms with van der Waals surface area (Å²) < 4.78 is 11.9. The van der Waals surface area contributed by atoms with Crippen molar-refractivity contribution < 1.29 is 19.1 Å². The number of ether oxygens (including phenoxy) is 2. The highest BCUT2D eigenvalue weighted by Gasteiger charge is 2.23. The molecule has 0 unspecified atom stereocenters. The van der Waals surface area contributed by atoms with Gasteiger partial charge in [-0.1, -0.05) is 35.9 Å². The zero-order valence-corrected chi connectivity index (χ0v) is 14.5. The lowest BCUT2D eigenvalue weighted by Crippen LogP contribution is -2.28. The van der Waals surface area contributed by atoms with Crippen LogP contribution in [-0.2, 0) is 4.74 Å². The minimum Gasteiger partial charge on any atom is -0.481 e. The first-order valence-electron chi connectivity index (χ1n) is 7.66. The highest BCUT2D eigenvalue weighted by Crippen LogP contribution is 2.24. The van der Waals surface area contributed by atoms with Gasteiger partial charge in [0.25, 0.3) is 5.91 Å². The third-order valence-corrected chi connectivity index (χ3v) is 4.05. The van der Waals surface area contributed by atoms with Crippen LogP contribution in [0.2, 0.25) is 5.02 Å². The van der Waals surface area contributed by atoms with Crippen LogP contribution in [0.4, 0.5) is 0 Å². The van der Waals surface area contributed by atoms with Crippen LogP contribution in [0, 0.1) is 0 Å². The van der Waals surface area contributed by atoms with E-state index in [2.05, 4.69) is 0 Å². The Morgan fingerprint density at radius 1 is 1.12 bits per heavy atom. The Morgan fingerprint density at radius 3 is 2.60 bits per heavy atom. The molecule has 0 aliphatic carbocycles. The molecule has 25 heavy (non-hydrogen) atoms. The molecule has 128 valence electrons. The highest BCUT2D eigenvalue weighted by molar-refractivity contribution is 6.30. The van der Waals surface area contributed by atoms with E-state index in [0.717, 1.165) is 0 Å². The molecule has 0 bridgehead atoms. The normalized spacial score (nSPS) is 12.0. The number of hydrogen-bond acceptors (Lipinski definition) is 4. The Labute approximate surface area is 149 Å². The van der Waals surface area contributed by atoms with Crippen molar-refractivity contribution >= 4 is 34.4 Å². The lowest BCUT2D eigenvalue weighted by atomic mass is 10.2. The number of nitrogens with zero attached hydrogens (tertiary/aromatic N) is 1. The lowest BCUT2D eigenvalue weighted by molar-refractivity contribution is 0.0602. The van der Waals surface area contributed by atoms with Crippen LogP contribution in [0.3, 0.4) is 0 Å². The molecular weight excluding hydrogens is 342 g/mol. The standard InChI is InChI=1S/C19H16ClNO4/c1-12(25-14-7-5-6-13(20)10-14)18(22)21-11-16(19(23)24-2)15-8-3-4-9-17(15)21/h3-12H,1-2H3/t12-/m1/s1. The molecule has 0 amide bonds. The number of carbonyl (C=O) groups is 2. The SMILES string of the molecule is COC(=O)c1cn(C(=O)[C@@H](C)Oc2cccc(Cl)c2)c2ccccc12. The Hall–Kier alpha value is -2.79. The average molecular weight is 358 g/mol. The van der Waals surface area contributed by atoms with Gasteiger partial charge in [0.2, 0.25) is 0 Å². The molecule has 0 spiro atoms. The number of para-hydroxylation sites is 1. The van der Waals surface area contributed by atoms with Crippen LogP contribution >= 0.6 is 11.6 Å². The number of esters is 1. The van der Waals surface area contributed by atoms with Crippen LogP contribution in [0.15, 0.2) is 54.7 Å². The molecule has 6 heteroatoms. The molecule has 1 heterocycles. The number of hydrogen-bond donors (Lipinski definition) is 0. The van der Waals surface area contributed by atoms with Gasteiger partial charge in [-0.2, -0.15) is 0 Å². The summed E-state index contributed by atoms with van der Waals surface area (Å²) in [5.74, 6) is -0.296. The molecule has 0 saturated heterocycles. The van der Waals surface area contributed by atoms with E-state index in [1.54, 1.807) is 55.5 Å². The maximum absolute atomic E-state index is 12.8. The summed E-state index contributed by atoms with van der Waals surface area (Å²) >= 11 is 5.94.